The zero-order chi connectivity index (χ0) is 33.6. The van der Waals surface area contributed by atoms with Gasteiger partial charge >= 0.3 is 5.97 Å². The summed E-state index contributed by atoms with van der Waals surface area (Å²) in [6.07, 6.45) is -6.43. The normalized spacial score (nSPS) is 22.2. The van der Waals surface area contributed by atoms with E-state index in [1.807, 2.05) is 121 Å². The van der Waals surface area contributed by atoms with Crippen molar-refractivity contribution in [3.05, 3.63) is 144 Å². The molecule has 4 aromatic carbocycles. The molecule has 1 saturated heterocycles. The summed E-state index contributed by atoms with van der Waals surface area (Å²) in [4.78, 5) is 11.4. The van der Waals surface area contributed by atoms with Crippen LogP contribution >= 0.6 is 0 Å². The summed E-state index contributed by atoms with van der Waals surface area (Å²) in [5.74, 6) is -1.49. The highest BCUT2D eigenvalue weighted by molar-refractivity contribution is 5.72. The van der Waals surface area contributed by atoms with Crippen molar-refractivity contribution in [1.82, 2.24) is 0 Å². The lowest BCUT2D eigenvalue weighted by Crippen LogP contribution is -2.61. The summed E-state index contributed by atoms with van der Waals surface area (Å²) in [5.41, 5.74) is 3.92. The van der Waals surface area contributed by atoms with Crippen LogP contribution in [0.25, 0.3) is 0 Å². The molecule has 0 spiro atoms. The first-order valence-corrected chi connectivity index (χ1v) is 16.3. The Morgan fingerprint density at radius 2 is 0.979 bits per heavy atom. The summed E-state index contributed by atoms with van der Waals surface area (Å²) < 4.78 is 32.8. The number of aliphatic hydroxyl groups is 2. The van der Waals surface area contributed by atoms with E-state index in [4.69, 9.17) is 23.7 Å². The molecule has 7 atom stereocenters. The van der Waals surface area contributed by atoms with E-state index in [-0.39, 0.29) is 32.7 Å². The third-order valence-corrected chi connectivity index (χ3v) is 8.34. The third kappa shape index (κ3) is 10.5. The molecule has 0 radical (unpaired) electrons. The van der Waals surface area contributed by atoms with Crippen molar-refractivity contribution < 1.29 is 43.8 Å². The molecule has 0 aromatic heterocycles. The lowest BCUT2D eigenvalue weighted by atomic mass is 9.90. The van der Waals surface area contributed by atoms with Crippen LogP contribution in [0.2, 0.25) is 0 Å². The van der Waals surface area contributed by atoms with Crippen molar-refractivity contribution in [3.8, 4) is 0 Å². The van der Waals surface area contributed by atoms with Gasteiger partial charge in [-0.05, 0) is 35.1 Å². The number of carbonyl (C=O) groups is 1. The molecule has 0 aliphatic carbocycles. The van der Waals surface area contributed by atoms with Gasteiger partial charge in [0, 0.05) is 0 Å². The van der Waals surface area contributed by atoms with Gasteiger partial charge in [-0.25, -0.2) is 4.79 Å². The predicted molar refractivity (Wildman–Crippen MR) is 179 cm³/mol. The van der Waals surface area contributed by atoms with E-state index in [0.717, 1.165) is 22.3 Å². The Morgan fingerprint density at radius 1 is 0.583 bits per heavy atom. The van der Waals surface area contributed by atoms with Gasteiger partial charge in [-0.1, -0.05) is 121 Å². The van der Waals surface area contributed by atoms with Crippen LogP contribution in [0, 0.1) is 0 Å². The molecule has 5 rings (SSSR count). The molecule has 2 unspecified atom stereocenters. The fourth-order valence-electron chi connectivity index (χ4n) is 5.77. The van der Waals surface area contributed by atoms with Crippen LogP contribution in [-0.2, 0) is 54.9 Å². The fourth-order valence-corrected chi connectivity index (χ4v) is 5.77. The van der Waals surface area contributed by atoms with Crippen molar-refractivity contribution in [2.24, 2.45) is 0 Å². The van der Waals surface area contributed by atoms with E-state index in [0.29, 0.717) is 13.2 Å². The molecule has 48 heavy (non-hydrogen) atoms. The molecule has 1 aliphatic rings. The Kier molecular flexibility index (Phi) is 13.7. The molecule has 9 nitrogen and oxygen atoms in total. The van der Waals surface area contributed by atoms with Crippen molar-refractivity contribution in [1.29, 1.82) is 0 Å². The van der Waals surface area contributed by atoms with E-state index < -0.39 is 48.7 Å². The molecule has 254 valence electrons. The van der Waals surface area contributed by atoms with Crippen LogP contribution in [0.15, 0.2) is 121 Å². The Hall–Kier alpha value is -3.93. The van der Waals surface area contributed by atoms with Crippen LogP contribution in [0.4, 0.5) is 0 Å². The fraction of sp³-hybridized carbons (Fsp3) is 0.359. The number of rotatable bonds is 18. The Balaban J connectivity index is 1.44. The molecule has 0 saturated carbocycles. The summed E-state index contributed by atoms with van der Waals surface area (Å²) in [6, 6.07) is 39.3. The number of benzene rings is 4. The number of carboxylic acid groups (broad SMARTS) is 1. The second kappa shape index (κ2) is 18.6. The van der Waals surface area contributed by atoms with Gasteiger partial charge < -0.3 is 39.0 Å². The summed E-state index contributed by atoms with van der Waals surface area (Å²) >= 11 is 0. The molecule has 0 bridgehead atoms. The van der Waals surface area contributed by atoms with Crippen LogP contribution in [0.1, 0.15) is 35.1 Å². The van der Waals surface area contributed by atoms with Crippen molar-refractivity contribution in [2.75, 3.05) is 6.61 Å². The van der Waals surface area contributed by atoms with Gasteiger partial charge in [0.25, 0.3) is 0 Å². The Morgan fingerprint density at radius 3 is 1.42 bits per heavy atom. The lowest BCUT2D eigenvalue weighted by Gasteiger charge is -2.46. The molecule has 0 amide bonds. The number of ether oxygens (including phenoxy) is 5. The monoisotopic (exact) mass is 656 g/mol. The number of aliphatic hydroxyl groups excluding tert-OH is 2. The van der Waals surface area contributed by atoms with E-state index in [1.165, 1.54) is 0 Å². The van der Waals surface area contributed by atoms with Crippen LogP contribution in [-0.4, -0.2) is 70.6 Å². The topological polar surface area (TPSA) is 124 Å². The second-order valence-electron chi connectivity index (χ2n) is 11.9. The molecule has 4 aromatic rings. The quantitative estimate of drug-likeness (QED) is 0.131. The van der Waals surface area contributed by atoms with Gasteiger partial charge in [0.1, 0.15) is 24.4 Å². The maximum Gasteiger partial charge on any atom is 0.335 e. The second-order valence-corrected chi connectivity index (χ2v) is 11.9. The van der Waals surface area contributed by atoms with Crippen molar-refractivity contribution in [2.45, 2.75) is 82.0 Å². The molecule has 1 aliphatic heterocycles. The van der Waals surface area contributed by atoms with Crippen LogP contribution in [0.5, 0.6) is 0 Å². The van der Waals surface area contributed by atoms with Gasteiger partial charge in [0.05, 0.1) is 45.2 Å². The summed E-state index contributed by atoms with van der Waals surface area (Å²) in [5, 5.41) is 29.8. The zero-order valence-electron chi connectivity index (χ0n) is 26.8. The highest BCUT2D eigenvalue weighted by atomic mass is 16.6. The van der Waals surface area contributed by atoms with Gasteiger partial charge in [0.2, 0.25) is 0 Å². The minimum atomic E-state index is -1.92. The highest BCUT2D eigenvalue weighted by Gasteiger charge is 2.48. The van der Waals surface area contributed by atoms with Gasteiger partial charge in [-0.2, -0.15) is 0 Å². The average Bonchev–Trinajstić information content (AvgIpc) is 3.13. The first kappa shape index (κ1) is 35.4. The van der Waals surface area contributed by atoms with E-state index in [1.54, 1.807) is 0 Å². The number of aliphatic carboxylic acids is 1. The lowest BCUT2D eigenvalue weighted by molar-refractivity contribution is -0.274. The molecule has 9 heteroatoms. The standard InChI is InChI=1S/C39H44O9/c40-32(35(41)39(42)43)21-22-33-36(45-24-29-15-7-2-8-16-29)38(47-26-31-19-11-4-12-20-31)37(46-25-30-17-9-3-10-18-30)34(48-33)27-44-23-28-13-5-1-6-14-28/h1-20,32-38,40-41H,21-27H2,(H,42,43)/t32?,33-,34+,35?,36-,37-,38+/m0/s1. The maximum atomic E-state index is 11.4. The van der Waals surface area contributed by atoms with E-state index >= 15 is 0 Å². The predicted octanol–water partition coefficient (Wildman–Crippen LogP) is 5.31. The summed E-state index contributed by atoms with van der Waals surface area (Å²) in [6.45, 7) is 1.39. The van der Waals surface area contributed by atoms with E-state index in [2.05, 4.69) is 0 Å². The first-order chi connectivity index (χ1) is 23.5. The number of hydrogen-bond donors (Lipinski definition) is 3. The smallest absolute Gasteiger partial charge is 0.335 e. The Labute approximate surface area is 281 Å². The average molecular weight is 657 g/mol. The minimum absolute atomic E-state index is 0.0398. The van der Waals surface area contributed by atoms with Crippen molar-refractivity contribution in [3.63, 3.8) is 0 Å². The van der Waals surface area contributed by atoms with Crippen LogP contribution in [0.3, 0.4) is 0 Å². The van der Waals surface area contributed by atoms with E-state index in [9.17, 15) is 20.1 Å². The number of hydrogen-bond acceptors (Lipinski definition) is 8. The van der Waals surface area contributed by atoms with Gasteiger partial charge in [-0.3, -0.25) is 0 Å². The Bertz CT molecular complexity index is 1470. The van der Waals surface area contributed by atoms with Gasteiger partial charge in [-0.15, -0.1) is 0 Å². The third-order valence-electron chi connectivity index (χ3n) is 8.34. The van der Waals surface area contributed by atoms with Gasteiger partial charge in [0.15, 0.2) is 6.10 Å². The highest BCUT2D eigenvalue weighted by Crippen LogP contribution is 2.33. The SMILES string of the molecule is O=C(O)C(O)C(O)CC[C@@H]1O[C@H](COCc2ccccc2)[C@H](OCc2ccccc2)[C@H](OCc2ccccc2)[C@H]1OCc1ccccc1. The molecule has 3 N–H and O–H groups in total. The largest absolute Gasteiger partial charge is 0.479 e. The first-order valence-electron chi connectivity index (χ1n) is 16.3. The molecular weight excluding hydrogens is 612 g/mol. The molecular formula is C39H44O9. The maximum absolute atomic E-state index is 11.4. The zero-order valence-corrected chi connectivity index (χ0v) is 26.8. The number of carboxylic acids is 1. The minimum Gasteiger partial charge on any atom is -0.479 e. The molecule has 1 fully saturated rings. The van der Waals surface area contributed by atoms with Crippen molar-refractivity contribution >= 4 is 5.97 Å². The summed E-state index contributed by atoms with van der Waals surface area (Å²) in [7, 11) is 0. The van der Waals surface area contributed by atoms with Crippen LogP contribution < -0.4 is 0 Å². The molecule has 1 heterocycles.